The van der Waals surface area contributed by atoms with Crippen LogP contribution in [0.2, 0.25) is 0 Å². The van der Waals surface area contributed by atoms with Gasteiger partial charge < -0.3 is 14.7 Å². The minimum absolute atomic E-state index is 0.0198. The van der Waals surface area contributed by atoms with Crippen molar-refractivity contribution in [3.63, 3.8) is 0 Å². The average molecular weight is 261 g/mol. The van der Waals surface area contributed by atoms with Crippen LogP contribution in [-0.4, -0.2) is 59.7 Å². The van der Waals surface area contributed by atoms with Gasteiger partial charge in [-0.1, -0.05) is 6.92 Å². The van der Waals surface area contributed by atoms with Crippen LogP contribution in [0.15, 0.2) is 0 Å². The Labute approximate surface area is 105 Å². The van der Waals surface area contributed by atoms with Crippen LogP contribution < -0.4 is 0 Å². The molecular weight excluding hydrogens is 242 g/mol. The van der Waals surface area contributed by atoms with Crippen LogP contribution in [-0.2, 0) is 14.3 Å². The fraction of sp³-hybridized carbons (Fsp3) is 0.818. The number of morpholine rings is 1. The maximum atomic E-state index is 12.0. The second kappa shape index (κ2) is 6.86. The SMILES string of the molecule is CSC[C@H](C)C(=O)N1CCO[C@@H](CC(=O)O)C1. The summed E-state index contributed by atoms with van der Waals surface area (Å²) in [6.45, 7) is 3.29. The van der Waals surface area contributed by atoms with Crippen molar-refractivity contribution < 1.29 is 19.4 Å². The Bertz CT molecular complexity index is 285. The van der Waals surface area contributed by atoms with Gasteiger partial charge >= 0.3 is 5.97 Å². The van der Waals surface area contributed by atoms with Crippen molar-refractivity contribution in [3.05, 3.63) is 0 Å². The number of rotatable bonds is 5. The van der Waals surface area contributed by atoms with Gasteiger partial charge in [-0.2, -0.15) is 11.8 Å². The van der Waals surface area contributed by atoms with Gasteiger partial charge in [-0.3, -0.25) is 9.59 Å². The second-order valence-corrected chi connectivity index (χ2v) is 5.14. The molecule has 1 fully saturated rings. The molecule has 0 radical (unpaired) electrons. The Hall–Kier alpha value is -0.750. The van der Waals surface area contributed by atoms with Gasteiger partial charge in [0.05, 0.1) is 19.1 Å². The molecule has 0 aliphatic carbocycles. The Kier molecular flexibility index (Phi) is 5.77. The molecule has 17 heavy (non-hydrogen) atoms. The topological polar surface area (TPSA) is 66.8 Å². The van der Waals surface area contributed by atoms with E-state index in [2.05, 4.69) is 0 Å². The highest BCUT2D eigenvalue weighted by Crippen LogP contribution is 2.14. The van der Waals surface area contributed by atoms with Crippen LogP contribution >= 0.6 is 11.8 Å². The van der Waals surface area contributed by atoms with Gasteiger partial charge in [-0.25, -0.2) is 0 Å². The quantitative estimate of drug-likeness (QED) is 0.788. The zero-order valence-electron chi connectivity index (χ0n) is 10.2. The molecule has 0 saturated carbocycles. The number of carbonyl (C=O) groups is 2. The van der Waals surface area contributed by atoms with E-state index in [-0.39, 0.29) is 24.3 Å². The van der Waals surface area contributed by atoms with E-state index < -0.39 is 5.97 Å². The Morgan fingerprint density at radius 2 is 2.29 bits per heavy atom. The van der Waals surface area contributed by atoms with E-state index in [0.29, 0.717) is 19.7 Å². The van der Waals surface area contributed by atoms with Crippen molar-refractivity contribution in [2.45, 2.75) is 19.4 Å². The molecule has 98 valence electrons. The summed E-state index contributed by atoms with van der Waals surface area (Å²) in [5.41, 5.74) is 0. The van der Waals surface area contributed by atoms with Gasteiger partial charge in [0.25, 0.3) is 0 Å². The zero-order chi connectivity index (χ0) is 12.8. The van der Waals surface area contributed by atoms with Crippen molar-refractivity contribution >= 4 is 23.6 Å². The summed E-state index contributed by atoms with van der Waals surface area (Å²) >= 11 is 1.64. The summed E-state index contributed by atoms with van der Waals surface area (Å²) in [6, 6.07) is 0. The van der Waals surface area contributed by atoms with Crippen molar-refractivity contribution in [1.29, 1.82) is 0 Å². The van der Waals surface area contributed by atoms with E-state index in [4.69, 9.17) is 9.84 Å². The third-order valence-electron chi connectivity index (χ3n) is 2.69. The summed E-state index contributed by atoms with van der Waals surface area (Å²) in [4.78, 5) is 24.3. The molecule has 1 aliphatic heterocycles. The van der Waals surface area contributed by atoms with Crippen LogP contribution in [0.5, 0.6) is 0 Å². The largest absolute Gasteiger partial charge is 0.481 e. The molecule has 5 nitrogen and oxygen atoms in total. The summed E-state index contributed by atoms with van der Waals surface area (Å²) in [6.07, 6.45) is 1.56. The van der Waals surface area contributed by atoms with Gasteiger partial charge in [0, 0.05) is 24.8 Å². The first kappa shape index (κ1) is 14.3. The molecule has 2 atom stereocenters. The monoisotopic (exact) mass is 261 g/mol. The summed E-state index contributed by atoms with van der Waals surface area (Å²) in [7, 11) is 0. The number of ether oxygens (including phenoxy) is 1. The molecule has 0 aromatic carbocycles. The maximum absolute atomic E-state index is 12.0. The molecular formula is C11H19NO4S. The van der Waals surface area contributed by atoms with Crippen molar-refractivity contribution in [1.82, 2.24) is 4.90 Å². The maximum Gasteiger partial charge on any atom is 0.306 e. The lowest BCUT2D eigenvalue weighted by Crippen LogP contribution is -2.48. The molecule has 0 spiro atoms. The molecule has 0 bridgehead atoms. The Balaban J connectivity index is 2.48. The number of nitrogens with zero attached hydrogens (tertiary/aromatic N) is 1. The van der Waals surface area contributed by atoms with Crippen LogP contribution in [0.4, 0.5) is 0 Å². The molecule has 1 aliphatic rings. The third kappa shape index (κ3) is 4.55. The summed E-state index contributed by atoms with van der Waals surface area (Å²) in [5.74, 6) is -0.0205. The molecule has 0 unspecified atom stereocenters. The van der Waals surface area contributed by atoms with Gasteiger partial charge in [0.1, 0.15) is 0 Å². The van der Waals surface area contributed by atoms with E-state index in [1.807, 2.05) is 13.2 Å². The number of amides is 1. The molecule has 0 aromatic rings. The molecule has 1 amide bonds. The van der Waals surface area contributed by atoms with Crippen molar-refractivity contribution in [2.75, 3.05) is 31.7 Å². The highest BCUT2D eigenvalue weighted by atomic mass is 32.2. The number of thioether (sulfide) groups is 1. The first-order chi connectivity index (χ1) is 8.04. The smallest absolute Gasteiger partial charge is 0.306 e. The number of carbonyl (C=O) groups excluding carboxylic acids is 1. The first-order valence-electron chi connectivity index (χ1n) is 5.65. The van der Waals surface area contributed by atoms with Gasteiger partial charge in [0.15, 0.2) is 0 Å². The van der Waals surface area contributed by atoms with E-state index in [1.165, 1.54) is 0 Å². The highest BCUT2D eigenvalue weighted by molar-refractivity contribution is 7.98. The third-order valence-corrected chi connectivity index (χ3v) is 3.52. The normalized spacial score (nSPS) is 22.2. The first-order valence-corrected chi connectivity index (χ1v) is 7.05. The highest BCUT2D eigenvalue weighted by Gasteiger charge is 2.28. The standard InChI is InChI=1S/C11H19NO4S/c1-8(7-17-2)11(15)12-3-4-16-9(6-12)5-10(13)14/h8-9H,3-7H2,1-2H3,(H,13,14)/t8-,9-/m0/s1. The Morgan fingerprint density at radius 3 is 2.88 bits per heavy atom. The lowest BCUT2D eigenvalue weighted by molar-refractivity contribution is -0.149. The minimum atomic E-state index is -0.888. The van der Waals surface area contributed by atoms with Gasteiger partial charge in [0.2, 0.25) is 5.91 Å². The van der Waals surface area contributed by atoms with Crippen LogP contribution in [0.25, 0.3) is 0 Å². The number of hydrogen-bond acceptors (Lipinski definition) is 4. The van der Waals surface area contributed by atoms with Gasteiger partial charge in [-0.15, -0.1) is 0 Å². The number of carboxylic acids is 1. The lowest BCUT2D eigenvalue weighted by Gasteiger charge is -2.33. The predicted octanol–water partition coefficient (Wildman–Crippen LogP) is 0.688. The van der Waals surface area contributed by atoms with Crippen molar-refractivity contribution in [3.8, 4) is 0 Å². The zero-order valence-corrected chi connectivity index (χ0v) is 11.0. The second-order valence-electron chi connectivity index (χ2n) is 4.23. The molecule has 1 saturated heterocycles. The predicted molar refractivity (Wildman–Crippen MR) is 66.1 cm³/mol. The summed E-state index contributed by atoms with van der Waals surface area (Å²) in [5, 5.41) is 8.70. The average Bonchev–Trinajstić information content (AvgIpc) is 2.28. The molecule has 1 rings (SSSR count). The van der Waals surface area contributed by atoms with Crippen LogP contribution in [0.1, 0.15) is 13.3 Å². The molecule has 1 heterocycles. The minimum Gasteiger partial charge on any atom is -0.481 e. The van der Waals surface area contributed by atoms with Crippen LogP contribution in [0, 0.1) is 5.92 Å². The van der Waals surface area contributed by atoms with Gasteiger partial charge in [-0.05, 0) is 6.26 Å². The number of aliphatic carboxylic acids is 1. The van der Waals surface area contributed by atoms with E-state index >= 15 is 0 Å². The van der Waals surface area contributed by atoms with Crippen LogP contribution in [0.3, 0.4) is 0 Å². The molecule has 6 heteroatoms. The van der Waals surface area contributed by atoms with E-state index in [9.17, 15) is 9.59 Å². The van der Waals surface area contributed by atoms with E-state index in [0.717, 1.165) is 5.75 Å². The lowest BCUT2D eigenvalue weighted by atomic mass is 10.1. The fourth-order valence-corrected chi connectivity index (χ4v) is 2.51. The number of hydrogen-bond donors (Lipinski definition) is 1. The Morgan fingerprint density at radius 1 is 1.59 bits per heavy atom. The summed E-state index contributed by atoms with van der Waals surface area (Å²) < 4.78 is 5.33. The number of carboxylic acid groups (broad SMARTS) is 1. The van der Waals surface area contributed by atoms with E-state index in [1.54, 1.807) is 16.7 Å². The molecule has 1 N–H and O–H groups in total. The van der Waals surface area contributed by atoms with Crippen molar-refractivity contribution in [2.24, 2.45) is 5.92 Å². The fourth-order valence-electron chi connectivity index (χ4n) is 1.87. The molecule has 0 aromatic heterocycles.